The molecule has 1 N–H and O–H groups in total. The minimum atomic E-state index is 1.20. The first-order valence-electron chi connectivity index (χ1n) is 7.32. The molecule has 0 aromatic rings. The summed E-state index contributed by atoms with van der Waals surface area (Å²) >= 11 is 0. The van der Waals surface area contributed by atoms with Crippen molar-refractivity contribution in [2.75, 3.05) is 13.1 Å². The highest BCUT2D eigenvalue weighted by atomic mass is 14.9. The maximum Gasteiger partial charge on any atom is -0.00115 e. The highest BCUT2D eigenvalue weighted by molar-refractivity contribution is 5.05. The molecule has 0 unspecified atom stereocenters. The third kappa shape index (κ3) is 7.05. The first-order valence-corrected chi connectivity index (χ1v) is 7.32. The molecular weight excluding hydrogens is 194 g/mol. The average molecular weight is 223 g/mol. The molecule has 1 saturated heterocycles. The van der Waals surface area contributed by atoms with E-state index in [-0.39, 0.29) is 0 Å². The van der Waals surface area contributed by atoms with Gasteiger partial charge in [-0.15, -0.1) is 0 Å². The van der Waals surface area contributed by atoms with Crippen LogP contribution < -0.4 is 5.32 Å². The summed E-state index contributed by atoms with van der Waals surface area (Å²) in [7, 11) is 0. The van der Waals surface area contributed by atoms with E-state index in [1.165, 1.54) is 77.3 Å². The van der Waals surface area contributed by atoms with E-state index in [9.17, 15) is 0 Å². The van der Waals surface area contributed by atoms with Gasteiger partial charge in [0.15, 0.2) is 0 Å². The molecule has 0 amide bonds. The van der Waals surface area contributed by atoms with Crippen LogP contribution in [0.15, 0.2) is 11.6 Å². The van der Waals surface area contributed by atoms with Crippen LogP contribution >= 0.6 is 0 Å². The molecule has 0 bridgehead atoms. The Kier molecular flexibility index (Phi) is 8.51. The minimum Gasteiger partial charge on any atom is -0.316 e. The number of allylic oxidation sites excluding steroid dienone is 1. The van der Waals surface area contributed by atoms with Crippen molar-refractivity contribution in [1.82, 2.24) is 5.32 Å². The normalized spacial score (nSPS) is 16.4. The van der Waals surface area contributed by atoms with Crippen molar-refractivity contribution in [3.05, 3.63) is 11.6 Å². The van der Waals surface area contributed by atoms with Crippen molar-refractivity contribution in [3.8, 4) is 0 Å². The highest BCUT2D eigenvalue weighted by Gasteiger charge is 2.02. The van der Waals surface area contributed by atoms with Crippen LogP contribution in [0.4, 0.5) is 0 Å². The van der Waals surface area contributed by atoms with Crippen LogP contribution in [0.5, 0.6) is 0 Å². The van der Waals surface area contributed by atoms with E-state index in [1.807, 2.05) is 0 Å². The topological polar surface area (TPSA) is 12.0 Å². The molecule has 0 aromatic carbocycles. The van der Waals surface area contributed by atoms with Crippen LogP contribution in [0.1, 0.15) is 71.1 Å². The molecule has 16 heavy (non-hydrogen) atoms. The van der Waals surface area contributed by atoms with Gasteiger partial charge in [0.25, 0.3) is 0 Å². The Morgan fingerprint density at radius 3 is 2.25 bits per heavy atom. The number of piperidine rings is 1. The fraction of sp³-hybridized carbons (Fsp3) is 0.867. The Hall–Kier alpha value is -0.300. The van der Waals surface area contributed by atoms with Crippen LogP contribution in [-0.2, 0) is 0 Å². The van der Waals surface area contributed by atoms with E-state index in [0.29, 0.717) is 0 Å². The van der Waals surface area contributed by atoms with Gasteiger partial charge in [-0.2, -0.15) is 0 Å². The molecule has 1 rings (SSSR count). The van der Waals surface area contributed by atoms with Gasteiger partial charge in [-0.25, -0.2) is 0 Å². The molecule has 0 radical (unpaired) electrons. The second-order valence-corrected chi connectivity index (χ2v) is 5.02. The molecule has 0 saturated carbocycles. The van der Waals surface area contributed by atoms with Crippen LogP contribution in [-0.4, -0.2) is 13.1 Å². The van der Waals surface area contributed by atoms with Gasteiger partial charge in [0.05, 0.1) is 0 Å². The summed E-state index contributed by atoms with van der Waals surface area (Å²) in [5.74, 6) is 0. The molecule has 0 aliphatic carbocycles. The number of hydrogen-bond donors (Lipinski definition) is 1. The van der Waals surface area contributed by atoms with E-state index >= 15 is 0 Å². The number of nitrogens with one attached hydrogen (secondary N) is 1. The van der Waals surface area contributed by atoms with Crippen molar-refractivity contribution in [1.29, 1.82) is 0 Å². The molecule has 94 valence electrons. The Morgan fingerprint density at radius 1 is 0.938 bits per heavy atom. The van der Waals surface area contributed by atoms with Gasteiger partial charge in [0.1, 0.15) is 0 Å². The zero-order chi connectivity index (χ0) is 11.5. The average Bonchev–Trinajstić information content (AvgIpc) is 2.34. The summed E-state index contributed by atoms with van der Waals surface area (Å²) in [5.41, 5.74) is 1.70. The van der Waals surface area contributed by atoms with Crippen molar-refractivity contribution in [2.45, 2.75) is 71.1 Å². The third-order valence-electron chi connectivity index (χ3n) is 3.49. The lowest BCUT2D eigenvalue weighted by molar-refractivity contribution is 0.585. The van der Waals surface area contributed by atoms with Crippen molar-refractivity contribution in [2.24, 2.45) is 0 Å². The van der Waals surface area contributed by atoms with Gasteiger partial charge >= 0.3 is 0 Å². The summed E-state index contributed by atoms with van der Waals surface area (Å²) in [4.78, 5) is 0. The van der Waals surface area contributed by atoms with E-state index in [0.717, 1.165) is 0 Å². The van der Waals surface area contributed by atoms with E-state index in [2.05, 4.69) is 18.3 Å². The first-order chi connectivity index (χ1) is 7.93. The predicted molar refractivity (Wildman–Crippen MR) is 72.8 cm³/mol. The van der Waals surface area contributed by atoms with E-state index in [1.54, 1.807) is 5.57 Å². The summed E-state index contributed by atoms with van der Waals surface area (Å²) in [6, 6.07) is 0. The number of hydrogen-bond acceptors (Lipinski definition) is 1. The molecule has 0 aromatic heterocycles. The Morgan fingerprint density at radius 2 is 1.56 bits per heavy atom. The fourth-order valence-electron chi connectivity index (χ4n) is 2.36. The summed E-state index contributed by atoms with van der Waals surface area (Å²) in [5, 5.41) is 3.40. The second kappa shape index (κ2) is 9.89. The van der Waals surface area contributed by atoms with Crippen LogP contribution in [0.25, 0.3) is 0 Å². The molecule has 1 nitrogen and oxygen atoms in total. The van der Waals surface area contributed by atoms with Crippen molar-refractivity contribution < 1.29 is 0 Å². The quantitative estimate of drug-likeness (QED) is 0.474. The first kappa shape index (κ1) is 13.8. The number of rotatable bonds is 8. The van der Waals surface area contributed by atoms with Crippen LogP contribution in [0.2, 0.25) is 0 Å². The molecular formula is C15H29N. The Balaban J connectivity index is 1.87. The highest BCUT2D eigenvalue weighted by Crippen LogP contribution is 2.13. The maximum atomic E-state index is 3.40. The van der Waals surface area contributed by atoms with Crippen molar-refractivity contribution >= 4 is 0 Å². The monoisotopic (exact) mass is 223 g/mol. The number of unbranched alkanes of at least 4 members (excludes halogenated alkanes) is 7. The third-order valence-corrected chi connectivity index (χ3v) is 3.49. The minimum absolute atomic E-state index is 1.20. The summed E-state index contributed by atoms with van der Waals surface area (Å²) in [6.45, 7) is 4.68. The zero-order valence-electron chi connectivity index (χ0n) is 11.1. The fourth-order valence-corrected chi connectivity index (χ4v) is 2.36. The van der Waals surface area contributed by atoms with Gasteiger partial charge < -0.3 is 5.32 Å². The second-order valence-electron chi connectivity index (χ2n) is 5.02. The van der Waals surface area contributed by atoms with Gasteiger partial charge in [-0.3, -0.25) is 0 Å². The lowest BCUT2D eigenvalue weighted by Gasteiger charge is -2.15. The smallest absolute Gasteiger partial charge is 0.00115 e. The van der Waals surface area contributed by atoms with E-state index < -0.39 is 0 Å². The van der Waals surface area contributed by atoms with Gasteiger partial charge in [0.2, 0.25) is 0 Å². The molecule has 1 aliphatic heterocycles. The maximum absolute atomic E-state index is 3.40. The molecule has 0 spiro atoms. The molecule has 1 heteroatoms. The largest absolute Gasteiger partial charge is 0.316 e. The van der Waals surface area contributed by atoms with Crippen LogP contribution in [0, 0.1) is 0 Å². The SMILES string of the molecule is CCCCCCCCCC=C1CCNCC1. The predicted octanol–water partition coefficient (Wildman–Crippen LogP) is 4.44. The molecule has 1 aliphatic rings. The van der Waals surface area contributed by atoms with E-state index in [4.69, 9.17) is 0 Å². The zero-order valence-corrected chi connectivity index (χ0v) is 11.1. The lowest BCUT2D eigenvalue weighted by atomic mass is 10.0. The van der Waals surface area contributed by atoms with Crippen molar-refractivity contribution in [3.63, 3.8) is 0 Å². The lowest BCUT2D eigenvalue weighted by Crippen LogP contribution is -2.22. The molecule has 0 atom stereocenters. The summed E-state index contributed by atoms with van der Waals surface area (Å²) < 4.78 is 0. The molecule has 1 heterocycles. The Labute approximate surface area is 102 Å². The standard InChI is InChI=1S/C15H29N/c1-2-3-4-5-6-7-8-9-10-15-11-13-16-14-12-15/h10,16H,2-9,11-14H2,1H3. The van der Waals surface area contributed by atoms with Gasteiger partial charge in [0, 0.05) is 0 Å². The van der Waals surface area contributed by atoms with Gasteiger partial charge in [-0.1, -0.05) is 57.1 Å². The molecule has 1 fully saturated rings. The Bertz CT molecular complexity index is 176. The van der Waals surface area contributed by atoms with Crippen LogP contribution in [0.3, 0.4) is 0 Å². The van der Waals surface area contributed by atoms with Gasteiger partial charge in [-0.05, 0) is 38.8 Å². The summed E-state index contributed by atoms with van der Waals surface area (Å²) in [6.07, 6.45) is 16.4.